The summed E-state index contributed by atoms with van der Waals surface area (Å²) in [5.74, 6) is 6.34. The molecule has 0 spiro atoms. The van der Waals surface area contributed by atoms with E-state index in [4.69, 9.17) is 10.7 Å². The van der Waals surface area contributed by atoms with Gasteiger partial charge in [0.15, 0.2) is 0 Å². The monoisotopic (exact) mass is 262 g/mol. The van der Waals surface area contributed by atoms with E-state index in [1.807, 2.05) is 0 Å². The van der Waals surface area contributed by atoms with Crippen LogP contribution in [0.4, 0.5) is 5.69 Å². The maximum absolute atomic E-state index is 5.23. The lowest BCUT2D eigenvalue weighted by Crippen LogP contribution is -2.38. The highest BCUT2D eigenvalue weighted by Crippen LogP contribution is 2.33. The predicted molar refractivity (Wildman–Crippen MR) is 80.3 cm³/mol. The second-order valence-corrected chi connectivity index (χ2v) is 5.96. The van der Waals surface area contributed by atoms with Crippen LogP contribution in [-0.4, -0.2) is 19.7 Å². The lowest BCUT2D eigenvalue weighted by molar-refractivity contribution is 0.0951. The van der Waals surface area contributed by atoms with E-state index in [1.54, 1.807) is 0 Å². The van der Waals surface area contributed by atoms with E-state index in [0.29, 0.717) is 18.4 Å². The van der Waals surface area contributed by atoms with Gasteiger partial charge < -0.3 is 9.74 Å². The molecule has 106 valence electrons. The van der Waals surface area contributed by atoms with Crippen molar-refractivity contribution in [3.63, 3.8) is 0 Å². The fourth-order valence-corrected chi connectivity index (χ4v) is 3.12. The van der Waals surface area contributed by atoms with Crippen LogP contribution in [0.25, 0.3) is 0 Å². The fourth-order valence-electron chi connectivity index (χ4n) is 3.12. The summed E-state index contributed by atoms with van der Waals surface area (Å²) in [6, 6.07) is 6.64. The summed E-state index contributed by atoms with van der Waals surface area (Å²) < 4.78 is 0. The average Bonchev–Trinajstić information content (AvgIpc) is 2.39. The van der Waals surface area contributed by atoms with Gasteiger partial charge in [-0.25, -0.2) is 5.90 Å². The molecule has 1 aromatic rings. The number of anilines is 1. The third-order valence-electron chi connectivity index (χ3n) is 4.06. The van der Waals surface area contributed by atoms with Crippen LogP contribution in [0, 0.1) is 12.8 Å². The normalized spacial score (nSPS) is 20.1. The van der Waals surface area contributed by atoms with Gasteiger partial charge in [0, 0.05) is 24.7 Å². The molecule has 1 aliphatic heterocycles. The predicted octanol–water partition coefficient (Wildman–Crippen LogP) is 3.23. The first-order chi connectivity index (χ1) is 9.13. The molecule has 2 N–H and O–H groups in total. The highest BCUT2D eigenvalue weighted by Gasteiger charge is 2.23. The summed E-state index contributed by atoms with van der Waals surface area (Å²) in [5, 5.41) is 0. The van der Waals surface area contributed by atoms with Crippen molar-refractivity contribution in [1.82, 2.24) is 0 Å². The summed E-state index contributed by atoms with van der Waals surface area (Å²) in [7, 11) is 0. The Morgan fingerprint density at radius 2 is 2.21 bits per heavy atom. The number of benzene rings is 1. The van der Waals surface area contributed by atoms with Gasteiger partial charge in [-0.1, -0.05) is 32.0 Å². The Bertz CT molecular complexity index is 415. The van der Waals surface area contributed by atoms with E-state index in [9.17, 15) is 0 Å². The van der Waals surface area contributed by atoms with Gasteiger partial charge in [-0.15, -0.1) is 0 Å². The minimum atomic E-state index is 0.554. The molecule has 0 radical (unpaired) electrons. The minimum absolute atomic E-state index is 0.554. The molecule has 2 rings (SSSR count). The zero-order valence-electron chi connectivity index (χ0n) is 12.4. The van der Waals surface area contributed by atoms with Crippen LogP contribution in [0.2, 0.25) is 0 Å². The minimum Gasteiger partial charge on any atom is -0.371 e. The van der Waals surface area contributed by atoms with Gasteiger partial charge in [0.25, 0.3) is 0 Å². The molecule has 1 fully saturated rings. The Balaban J connectivity index is 2.25. The van der Waals surface area contributed by atoms with Gasteiger partial charge in [0.1, 0.15) is 0 Å². The Morgan fingerprint density at radius 3 is 2.89 bits per heavy atom. The third-order valence-corrected chi connectivity index (χ3v) is 4.06. The number of hydrogen-bond donors (Lipinski definition) is 1. The second-order valence-electron chi connectivity index (χ2n) is 5.96. The topological polar surface area (TPSA) is 38.5 Å². The van der Waals surface area contributed by atoms with Gasteiger partial charge in [0.05, 0.1) is 6.61 Å². The number of hydrogen-bond acceptors (Lipinski definition) is 3. The van der Waals surface area contributed by atoms with Crippen LogP contribution in [0.1, 0.15) is 43.7 Å². The highest BCUT2D eigenvalue weighted by molar-refractivity contribution is 5.60. The number of nitrogens with zero attached hydrogens (tertiary/aromatic N) is 1. The fraction of sp³-hybridized carbons (Fsp3) is 0.625. The molecule has 0 amide bonds. The molecule has 1 saturated heterocycles. The SMILES string of the molecule is Cc1cccc(C(C)C)c1N1CCCC(CON)C1. The summed E-state index contributed by atoms with van der Waals surface area (Å²) >= 11 is 0. The van der Waals surface area contributed by atoms with Crippen molar-refractivity contribution < 1.29 is 4.84 Å². The number of para-hydroxylation sites is 1. The lowest BCUT2D eigenvalue weighted by atomic mass is 9.93. The standard InChI is InChI=1S/C16H26N2O/c1-12(2)15-8-4-6-13(3)16(15)18-9-5-7-14(10-18)11-19-17/h4,6,8,12,14H,5,7,9-11,17H2,1-3H3. The number of rotatable bonds is 4. The first kappa shape index (κ1) is 14.4. The number of aryl methyl sites for hydroxylation is 1. The van der Waals surface area contributed by atoms with Crippen molar-refractivity contribution in [1.29, 1.82) is 0 Å². The number of nitrogens with two attached hydrogens (primary N) is 1. The molecular weight excluding hydrogens is 236 g/mol. The molecule has 1 aliphatic rings. The van der Waals surface area contributed by atoms with Crippen molar-refractivity contribution >= 4 is 5.69 Å². The zero-order valence-corrected chi connectivity index (χ0v) is 12.4. The first-order valence-corrected chi connectivity index (χ1v) is 7.29. The molecule has 0 saturated carbocycles. The zero-order chi connectivity index (χ0) is 13.8. The van der Waals surface area contributed by atoms with Crippen LogP contribution < -0.4 is 10.8 Å². The Labute approximate surface area is 116 Å². The first-order valence-electron chi connectivity index (χ1n) is 7.29. The average molecular weight is 262 g/mol. The van der Waals surface area contributed by atoms with Crippen molar-refractivity contribution in [2.45, 2.75) is 39.5 Å². The molecule has 0 aliphatic carbocycles. The largest absolute Gasteiger partial charge is 0.371 e. The van der Waals surface area contributed by atoms with E-state index in [-0.39, 0.29) is 0 Å². The van der Waals surface area contributed by atoms with E-state index < -0.39 is 0 Å². The highest BCUT2D eigenvalue weighted by atomic mass is 16.6. The second kappa shape index (κ2) is 6.40. The van der Waals surface area contributed by atoms with E-state index in [2.05, 4.69) is 43.9 Å². The van der Waals surface area contributed by atoms with Gasteiger partial charge in [-0.05, 0) is 36.8 Å². The summed E-state index contributed by atoms with van der Waals surface area (Å²) in [6.45, 7) is 9.61. The molecular formula is C16H26N2O. The maximum Gasteiger partial charge on any atom is 0.0724 e. The molecule has 1 unspecified atom stereocenters. The molecule has 19 heavy (non-hydrogen) atoms. The molecule has 1 aromatic carbocycles. The Kier molecular flexibility index (Phi) is 4.83. The molecule has 1 atom stereocenters. The quantitative estimate of drug-likeness (QED) is 0.847. The van der Waals surface area contributed by atoms with E-state index in [0.717, 1.165) is 13.1 Å². The Morgan fingerprint density at radius 1 is 1.42 bits per heavy atom. The van der Waals surface area contributed by atoms with E-state index in [1.165, 1.54) is 29.7 Å². The van der Waals surface area contributed by atoms with Gasteiger partial charge >= 0.3 is 0 Å². The van der Waals surface area contributed by atoms with Gasteiger partial charge in [-0.3, -0.25) is 0 Å². The smallest absolute Gasteiger partial charge is 0.0724 e. The van der Waals surface area contributed by atoms with Crippen molar-refractivity contribution in [2.24, 2.45) is 11.8 Å². The van der Waals surface area contributed by atoms with Crippen LogP contribution >= 0.6 is 0 Å². The molecule has 0 aromatic heterocycles. The van der Waals surface area contributed by atoms with Crippen LogP contribution in [-0.2, 0) is 4.84 Å². The van der Waals surface area contributed by atoms with Crippen molar-refractivity contribution in [2.75, 3.05) is 24.6 Å². The van der Waals surface area contributed by atoms with Crippen LogP contribution in [0.3, 0.4) is 0 Å². The third kappa shape index (κ3) is 3.28. The summed E-state index contributed by atoms with van der Waals surface area (Å²) in [6.07, 6.45) is 2.44. The summed E-state index contributed by atoms with van der Waals surface area (Å²) in [4.78, 5) is 7.37. The van der Waals surface area contributed by atoms with Gasteiger partial charge in [0.2, 0.25) is 0 Å². The molecule has 3 heteroatoms. The van der Waals surface area contributed by atoms with E-state index >= 15 is 0 Å². The molecule has 0 bridgehead atoms. The van der Waals surface area contributed by atoms with Gasteiger partial charge in [-0.2, -0.15) is 0 Å². The Hall–Kier alpha value is -1.06. The summed E-state index contributed by atoms with van der Waals surface area (Å²) in [5.41, 5.74) is 4.26. The van der Waals surface area contributed by atoms with Crippen molar-refractivity contribution in [3.8, 4) is 0 Å². The van der Waals surface area contributed by atoms with Crippen molar-refractivity contribution in [3.05, 3.63) is 29.3 Å². The lowest BCUT2D eigenvalue weighted by Gasteiger charge is -2.36. The number of piperidine rings is 1. The van der Waals surface area contributed by atoms with Crippen LogP contribution in [0.5, 0.6) is 0 Å². The maximum atomic E-state index is 5.23. The molecule has 3 nitrogen and oxygen atoms in total. The molecule has 1 heterocycles. The van der Waals surface area contributed by atoms with Crippen LogP contribution in [0.15, 0.2) is 18.2 Å².